The minimum Gasteiger partial charge on any atom is -0.355 e. The van der Waals surface area contributed by atoms with Crippen molar-refractivity contribution < 1.29 is 9.59 Å². The van der Waals surface area contributed by atoms with E-state index in [-0.39, 0.29) is 11.8 Å². The molecule has 0 unspecified atom stereocenters. The summed E-state index contributed by atoms with van der Waals surface area (Å²) in [6.07, 6.45) is 0.696. The van der Waals surface area contributed by atoms with E-state index in [1.54, 1.807) is 0 Å². The number of imide groups is 1. The lowest BCUT2D eigenvalue weighted by molar-refractivity contribution is -0.137. The number of nitrogens with zero attached hydrogens (tertiary/aromatic N) is 3. The van der Waals surface area contributed by atoms with Crippen LogP contribution in [0.4, 0.5) is 0 Å². The van der Waals surface area contributed by atoms with Gasteiger partial charge in [0, 0.05) is 39.0 Å². The molecule has 0 saturated carbocycles. The van der Waals surface area contributed by atoms with Gasteiger partial charge in [0.15, 0.2) is 0 Å². The lowest BCUT2D eigenvalue weighted by Crippen LogP contribution is -2.46. The summed E-state index contributed by atoms with van der Waals surface area (Å²) in [5.41, 5.74) is 0. The molecule has 0 spiro atoms. The molecule has 2 amide bonds. The molecule has 0 aliphatic carbocycles. The van der Waals surface area contributed by atoms with Gasteiger partial charge in [-0.3, -0.25) is 14.5 Å². The van der Waals surface area contributed by atoms with Gasteiger partial charge in [0.25, 0.3) is 0 Å². The second kappa shape index (κ2) is 5.99. The van der Waals surface area contributed by atoms with Crippen molar-refractivity contribution in [3.05, 3.63) is 0 Å². The molecule has 2 saturated heterocycles. The summed E-state index contributed by atoms with van der Waals surface area (Å²) in [7, 11) is 2.09. The molecule has 7 heteroatoms. The Kier molecular flexibility index (Phi) is 4.58. The predicted octanol–water partition coefficient (Wildman–Crippen LogP) is 0.358. The Labute approximate surface area is 116 Å². The molecule has 100 valence electrons. The number of likely N-dealkylation sites (tertiary alicyclic amines) is 1. The number of rotatable bonds is 2. The number of carbonyl (C=O) groups is 2. The Bertz CT molecular complexity index is 351. The molecule has 0 N–H and O–H groups in total. The summed E-state index contributed by atoms with van der Waals surface area (Å²) in [5.74, 6) is 0.213. The number of likely N-dealkylation sites (N-methyl/N-ethyl adjacent to an activating group) is 1. The van der Waals surface area contributed by atoms with Crippen LogP contribution in [0.2, 0.25) is 0 Å². The second-order valence-electron chi connectivity index (χ2n) is 4.55. The molecule has 0 aromatic rings. The molecule has 2 heterocycles. The lowest BCUT2D eigenvalue weighted by Gasteiger charge is -2.34. The fraction of sp³-hybridized carbons (Fsp3) is 0.727. The van der Waals surface area contributed by atoms with Gasteiger partial charge in [0.2, 0.25) is 11.8 Å². The fourth-order valence-corrected chi connectivity index (χ4v) is 3.20. The van der Waals surface area contributed by atoms with Crippen molar-refractivity contribution in [3.8, 4) is 0 Å². The van der Waals surface area contributed by atoms with Gasteiger partial charge in [0.1, 0.15) is 4.32 Å². The predicted molar refractivity (Wildman–Crippen MR) is 75.2 cm³/mol. The van der Waals surface area contributed by atoms with Crippen LogP contribution >= 0.6 is 24.0 Å². The molecule has 0 bridgehead atoms. The Morgan fingerprint density at radius 3 is 2.28 bits per heavy atom. The quantitative estimate of drug-likeness (QED) is 0.540. The first-order chi connectivity index (χ1) is 8.58. The van der Waals surface area contributed by atoms with Gasteiger partial charge >= 0.3 is 0 Å². The molecule has 5 nitrogen and oxygen atoms in total. The number of thiocarbonyl (C=S) groups is 1. The van der Waals surface area contributed by atoms with Crippen LogP contribution in [0.1, 0.15) is 12.8 Å². The van der Waals surface area contributed by atoms with E-state index in [0.29, 0.717) is 18.7 Å². The van der Waals surface area contributed by atoms with Crippen LogP contribution in [-0.4, -0.2) is 69.9 Å². The van der Waals surface area contributed by atoms with Gasteiger partial charge in [0.05, 0.1) is 5.88 Å². The van der Waals surface area contributed by atoms with E-state index < -0.39 is 0 Å². The number of carbonyl (C=O) groups excluding carboxylic acids is 2. The zero-order valence-electron chi connectivity index (χ0n) is 10.4. The maximum atomic E-state index is 11.4. The first-order valence-corrected chi connectivity index (χ1v) is 7.41. The van der Waals surface area contributed by atoms with Crippen molar-refractivity contribution in [1.82, 2.24) is 14.7 Å². The van der Waals surface area contributed by atoms with Crippen LogP contribution in [0.5, 0.6) is 0 Å². The zero-order chi connectivity index (χ0) is 13.1. The molecular formula is C11H17N3O2S2. The summed E-state index contributed by atoms with van der Waals surface area (Å²) in [6.45, 7) is 3.85. The third kappa shape index (κ3) is 3.21. The van der Waals surface area contributed by atoms with E-state index in [4.69, 9.17) is 12.2 Å². The van der Waals surface area contributed by atoms with Crippen LogP contribution in [0.25, 0.3) is 0 Å². The molecule has 0 aromatic heterocycles. The van der Waals surface area contributed by atoms with E-state index in [0.717, 1.165) is 30.5 Å². The molecule has 2 aliphatic heterocycles. The topological polar surface area (TPSA) is 43.9 Å². The minimum atomic E-state index is -0.0753. The van der Waals surface area contributed by atoms with E-state index in [2.05, 4.69) is 16.8 Å². The smallest absolute Gasteiger partial charge is 0.230 e. The Hall–Kier alpha value is -0.660. The molecular weight excluding hydrogens is 270 g/mol. The normalized spacial score (nSPS) is 21.8. The van der Waals surface area contributed by atoms with Crippen LogP contribution in [0, 0.1) is 0 Å². The molecule has 2 aliphatic rings. The minimum absolute atomic E-state index is 0.0753. The largest absolute Gasteiger partial charge is 0.355 e. The average molecular weight is 287 g/mol. The zero-order valence-corrected chi connectivity index (χ0v) is 12.1. The fourth-order valence-electron chi connectivity index (χ4n) is 1.97. The first kappa shape index (κ1) is 13.8. The van der Waals surface area contributed by atoms with Crippen molar-refractivity contribution in [3.63, 3.8) is 0 Å². The van der Waals surface area contributed by atoms with Gasteiger partial charge < -0.3 is 9.80 Å². The molecule has 0 atom stereocenters. The standard InChI is InChI=1S/C11H17N3O2S2/c1-12-4-6-13(7-5-12)11(17)18-8-14-9(15)2-3-10(14)16/h2-8H2,1H3. The van der Waals surface area contributed by atoms with E-state index >= 15 is 0 Å². The highest BCUT2D eigenvalue weighted by Crippen LogP contribution is 2.18. The van der Waals surface area contributed by atoms with Crippen molar-refractivity contribution in [2.45, 2.75) is 12.8 Å². The highest BCUT2D eigenvalue weighted by atomic mass is 32.2. The van der Waals surface area contributed by atoms with E-state index in [9.17, 15) is 9.59 Å². The Morgan fingerprint density at radius 1 is 1.17 bits per heavy atom. The van der Waals surface area contributed by atoms with Gasteiger partial charge in [-0.2, -0.15) is 0 Å². The number of amides is 2. The van der Waals surface area contributed by atoms with Crippen LogP contribution in [0.15, 0.2) is 0 Å². The van der Waals surface area contributed by atoms with Gasteiger partial charge in [-0.25, -0.2) is 0 Å². The summed E-state index contributed by atoms with van der Waals surface area (Å²) >= 11 is 6.76. The SMILES string of the molecule is CN1CCN(C(=S)SCN2C(=O)CCC2=O)CC1. The third-order valence-corrected chi connectivity index (χ3v) is 4.74. The first-order valence-electron chi connectivity index (χ1n) is 6.01. The van der Waals surface area contributed by atoms with Crippen molar-refractivity contribution in [1.29, 1.82) is 0 Å². The maximum absolute atomic E-state index is 11.4. The Morgan fingerprint density at radius 2 is 1.72 bits per heavy atom. The number of hydrogen-bond acceptors (Lipinski definition) is 5. The number of thioether (sulfide) groups is 1. The van der Waals surface area contributed by atoms with Gasteiger partial charge in [-0.1, -0.05) is 24.0 Å². The summed E-state index contributed by atoms with van der Waals surface area (Å²) in [5, 5.41) is 0. The van der Waals surface area contributed by atoms with E-state index in [1.165, 1.54) is 16.7 Å². The number of piperazine rings is 1. The highest BCUT2D eigenvalue weighted by Gasteiger charge is 2.29. The average Bonchev–Trinajstić information content (AvgIpc) is 2.67. The van der Waals surface area contributed by atoms with Crippen molar-refractivity contribution in [2.24, 2.45) is 0 Å². The van der Waals surface area contributed by atoms with Crippen molar-refractivity contribution >= 4 is 40.1 Å². The molecule has 2 rings (SSSR count). The molecule has 2 fully saturated rings. The van der Waals surface area contributed by atoms with Crippen LogP contribution in [-0.2, 0) is 9.59 Å². The van der Waals surface area contributed by atoms with Crippen molar-refractivity contribution in [2.75, 3.05) is 39.1 Å². The second-order valence-corrected chi connectivity index (χ2v) is 6.12. The van der Waals surface area contributed by atoms with Gasteiger partial charge in [-0.15, -0.1) is 0 Å². The van der Waals surface area contributed by atoms with Gasteiger partial charge in [-0.05, 0) is 7.05 Å². The molecule has 0 radical (unpaired) electrons. The van der Waals surface area contributed by atoms with Crippen LogP contribution in [0.3, 0.4) is 0 Å². The molecule has 0 aromatic carbocycles. The highest BCUT2D eigenvalue weighted by molar-refractivity contribution is 8.22. The number of hydrogen-bond donors (Lipinski definition) is 0. The monoisotopic (exact) mass is 287 g/mol. The van der Waals surface area contributed by atoms with Crippen LogP contribution < -0.4 is 0 Å². The maximum Gasteiger partial charge on any atom is 0.230 e. The lowest BCUT2D eigenvalue weighted by atomic mass is 10.4. The molecule has 18 heavy (non-hydrogen) atoms. The summed E-state index contributed by atoms with van der Waals surface area (Å²) < 4.78 is 0.788. The third-order valence-electron chi connectivity index (χ3n) is 3.23. The summed E-state index contributed by atoms with van der Waals surface area (Å²) in [6, 6.07) is 0. The Balaban J connectivity index is 1.78. The van der Waals surface area contributed by atoms with E-state index in [1.807, 2.05) is 0 Å². The summed E-state index contributed by atoms with van der Waals surface area (Å²) in [4.78, 5) is 28.6.